The number of fused-ring (bicyclic) bond motifs is 2. The van der Waals surface area contributed by atoms with Gasteiger partial charge in [-0.25, -0.2) is 0 Å². The lowest BCUT2D eigenvalue weighted by atomic mass is 10.0. The molecule has 1 aromatic heterocycles. The Hall–Kier alpha value is -2.39. The minimum atomic E-state index is -0.574. The molecule has 0 aliphatic heterocycles. The zero-order valence-electron chi connectivity index (χ0n) is 10.1. The molecule has 19 heavy (non-hydrogen) atoms. The first-order chi connectivity index (χ1) is 9.34. The summed E-state index contributed by atoms with van der Waals surface area (Å²) in [6.07, 6.45) is 1.24. The molecule has 3 heteroatoms. The fraction of sp³-hybridized carbons (Fsp3) is 0.0625. The van der Waals surface area contributed by atoms with Crippen LogP contribution in [0.1, 0.15) is 23.0 Å². The van der Waals surface area contributed by atoms with Crippen LogP contribution < -0.4 is 0 Å². The van der Waals surface area contributed by atoms with Crippen molar-refractivity contribution >= 4 is 16.5 Å². The van der Waals surface area contributed by atoms with Gasteiger partial charge in [-0.3, -0.25) is 0 Å². The van der Waals surface area contributed by atoms with E-state index in [1.807, 2.05) is 54.6 Å². The number of hydrogen-bond acceptors (Lipinski definition) is 3. The molecule has 1 aliphatic carbocycles. The zero-order chi connectivity index (χ0) is 12.8. The van der Waals surface area contributed by atoms with Crippen molar-refractivity contribution in [2.75, 3.05) is 0 Å². The van der Waals surface area contributed by atoms with Crippen LogP contribution in [0.2, 0.25) is 0 Å². The van der Waals surface area contributed by atoms with E-state index < -0.39 is 6.10 Å². The molecular weight excluding hydrogens is 238 g/mol. The molecule has 0 spiro atoms. The van der Waals surface area contributed by atoms with Crippen molar-refractivity contribution in [3.05, 3.63) is 71.5 Å². The maximum Gasteiger partial charge on any atom is 0.175 e. The zero-order valence-corrected chi connectivity index (χ0v) is 10.1. The Balaban J connectivity index is 1.97. The number of aliphatic hydroxyl groups excluding tert-OH is 1. The average Bonchev–Trinajstić information content (AvgIpc) is 3.01. The molecular formula is C16H11NO2. The van der Waals surface area contributed by atoms with E-state index in [1.54, 1.807) is 0 Å². The predicted octanol–water partition coefficient (Wildman–Crippen LogP) is 3.31. The SMILES string of the molecule is OC1C=C(c2onc3ccccc23)c2ccccc21. The Bertz CT molecular complexity index is 801. The van der Waals surface area contributed by atoms with Gasteiger partial charge in [-0.15, -0.1) is 0 Å². The Kier molecular flexibility index (Phi) is 2.11. The van der Waals surface area contributed by atoms with Crippen molar-refractivity contribution in [1.82, 2.24) is 5.16 Å². The Morgan fingerprint density at radius 1 is 1.00 bits per heavy atom. The first-order valence-electron chi connectivity index (χ1n) is 6.18. The van der Waals surface area contributed by atoms with E-state index in [-0.39, 0.29) is 0 Å². The van der Waals surface area contributed by atoms with Crippen LogP contribution in [-0.2, 0) is 0 Å². The molecule has 0 radical (unpaired) electrons. The van der Waals surface area contributed by atoms with E-state index in [0.29, 0.717) is 0 Å². The van der Waals surface area contributed by atoms with Crippen molar-refractivity contribution in [3.63, 3.8) is 0 Å². The maximum absolute atomic E-state index is 10.1. The maximum atomic E-state index is 10.1. The summed E-state index contributed by atoms with van der Waals surface area (Å²) >= 11 is 0. The van der Waals surface area contributed by atoms with E-state index in [9.17, 15) is 5.11 Å². The number of aromatic nitrogens is 1. The summed E-state index contributed by atoms with van der Waals surface area (Å²) < 4.78 is 5.47. The van der Waals surface area contributed by atoms with Crippen LogP contribution in [0, 0.1) is 0 Å². The first-order valence-corrected chi connectivity index (χ1v) is 6.18. The topological polar surface area (TPSA) is 46.3 Å². The molecule has 3 nitrogen and oxygen atoms in total. The van der Waals surface area contributed by atoms with Gasteiger partial charge in [0.15, 0.2) is 5.76 Å². The molecule has 0 saturated carbocycles. The summed E-state index contributed by atoms with van der Waals surface area (Å²) in [4.78, 5) is 0. The highest BCUT2D eigenvalue weighted by Crippen LogP contribution is 2.40. The Morgan fingerprint density at radius 2 is 1.79 bits per heavy atom. The van der Waals surface area contributed by atoms with Gasteiger partial charge in [0.1, 0.15) is 5.52 Å². The fourth-order valence-electron chi connectivity index (χ4n) is 2.62. The Morgan fingerprint density at radius 3 is 2.74 bits per heavy atom. The minimum Gasteiger partial charge on any atom is -0.384 e. The van der Waals surface area contributed by atoms with Crippen LogP contribution >= 0.6 is 0 Å². The van der Waals surface area contributed by atoms with Crippen LogP contribution in [0.5, 0.6) is 0 Å². The smallest absolute Gasteiger partial charge is 0.175 e. The largest absolute Gasteiger partial charge is 0.384 e. The lowest BCUT2D eigenvalue weighted by molar-refractivity contribution is 0.232. The number of nitrogens with zero attached hydrogens (tertiary/aromatic N) is 1. The van der Waals surface area contributed by atoms with Gasteiger partial charge < -0.3 is 9.63 Å². The number of benzene rings is 2. The molecule has 0 amide bonds. The first kappa shape index (κ1) is 10.5. The van der Waals surface area contributed by atoms with Crippen molar-refractivity contribution < 1.29 is 9.63 Å². The van der Waals surface area contributed by atoms with Crippen LogP contribution in [0.25, 0.3) is 16.5 Å². The average molecular weight is 249 g/mol. The second-order valence-corrected chi connectivity index (χ2v) is 4.64. The molecule has 4 rings (SSSR count). The molecule has 0 bridgehead atoms. The quantitative estimate of drug-likeness (QED) is 0.719. The number of aliphatic hydroxyl groups is 1. The molecule has 1 N–H and O–H groups in total. The monoisotopic (exact) mass is 249 g/mol. The highest BCUT2D eigenvalue weighted by molar-refractivity contribution is 5.95. The third kappa shape index (κ3) is 1.45. The van der Waals surface area contributed by atoms with Gasteiger partial charge in [0.2, 0.25) is 0 Å². The predicted molar refractivity (Wildman–Crippen MR) is 72.5 cm³/mol. The van der Waals surface area contributed by atoms with Crippen molar-refractivity contribution in [2.45, 2.75) is 6.10 Å². The highest BCUT2D eigenvalue weighted by Gasteiger charge is 2.25. The summed E-state index contributed by atoms with van der Waals surface area (Å²) in [6.45, 7) is 0. The normalized spacial score (nSPS) is 17.5. The molecule has 0 fully saturated rings. The van der Waals surface area contributed by atoms with Gasteiger partial charge >= 0.3 is 0 Å². The summed E-state index contributed by atoms with van der Waals surface area (Å²) in [5, 5.41) is 15.1. The standard InChI is InChI=1S/C16H11NO2/c18-15-9-13(10-5-1-2-6-11(10)15)16-12-7-3-4-8-14(12)17-19-16/h1-9,15,18H. The lowest BCUT2D eigenvalue weighted by Crippen LogP contribution is -1.89. The van der Waals surface area contributed by atoms with Gasteiger partial charge in [-0.2, -0.15) is 0 Å². The highest BCUT2D eigenvalue weighted by atomic mass is 16.5. The molecule has 0 saturated heterocycles. The second kappa shape index (κ2) is 3.80. The van der Waals surface area contributed by atoms with Crippen LogP contribution in [-0.4, -0.2) is 10.3 Å². The molecule has 1 heterocycles. The molecule has 2 aromatic carbocycles. The minimum absolute atomic E-state index is 0.574. The van der Waals surface area contributed by atoms with Crippen LogP contribution in [0.3, 0.4) is 0 Å². The molecule has 1 unspecified atom stereocenters. The second-order valence-electron chi connectivity index (χ2n) is 4.64. The van der Waals surface area contributed by atoms with Gasteiger partial charge in [-0.05, 0) is 29.3 Å². The van der Waals surface area contributed by atoms with Crippen LogP contribution in [0.15, 0.2) is 59.1 Å². The molecule has 1 aliphatic rings. The third-order valence-electron chi connectivity index (χ3n) is 3.52. The Labute approximate surface area is 109 Å². The van der Waals surface area contributed by atoms with Gasteiger partial charge in [-0.1, -0.05) is 41.6 Å². The number of rotatable bonds is 1. The van der Waals surface area contributed by atoms with E-state index in [2.05, 4.69) is 5.16 Å². The number of hydrogen-bond donors (Lipinski definition) is 1. The molecule has 92 valence electrons. The van der Waals surface area contributed by atoms with Gasteiger partial charge in [0, 0.05) is 11.0 Å². The van der Waals surface area contributed by atoms with E-state index in [1.165, 1.54) is 0 Å². The van der Waals surface area contributed by atoms with Crippen molar-refractivity contribution in [2.24, 2.45) is 0 Å². The van der Waals surface area contributed by atoms with Crippen molar-refractivity contribution in [1.29, 1.82) is 0 Å². The summed E-state index contributed by atoms with van der Waals surface area (Å²) in [7, 11) is 0. The van der Waals surface area contributed by atoms with Gasteiger partial charge in [0.25, 0.3) is 0 Å². The molecule has 1 atom stereocenters. The van der Waals surface area contributed by atoms with Crippen molar-refractivity contribution in [3.8, 4) is 0 Å². The van der Waals surface area contributed by atoms with Crippen LogP contribution in [0.4, 0.5) is 0 Å². The third-order valence-corrected chi connectivity index (χ3v) is 3.52. The summed E-state index contributed by atoms with van der Waals surface area (Å²) in [5.74, 6) is 0.722. The summed E-state index contributed by atoms with van der Waals surface area (Å²) in [5.41, 5.74) is 3.67. The lowest BCUT2D eigenvalue weighted by Gasteiger charge is -2.03. The van der Waals surface area contributed by atoms with Gasteiger partial charge in [0.05, 0.1) is 6.10 Å². The molecule has 3 aromatic rings. The van der Waals surface area contributed by atoms with E-state index in [0.717, 1.165) is 33.4 Å². The fourth-order valence-corrected chi connectivity index (χ4v) is 2.62. The summed E-state index contributed by atoms with van der Waals surface area (Å²) in [6, 6.07) is 15.6. The van der Waals surface area contributed by atoms with E-state index in [4.69, 9.17) is 4.52 Å². The van der Waals surface area contributed by atoms with E-state index >= 15 is 0 Å².